The molecule has 0 amide bonds. The van der Waals surface area contributed by atoms with E-state index in [-0.39, 0.29) is 16.5 Å². The van der Waals surface area contributed by atoms with Gasteiger partial charge >= 0.3 is 11.7 Å². The van der Waals surface area contributed by atoms with Crippen LogP contribution in [0.1, 0.15) is 10.4 Å². The third-order valence-corrected chi connectivity index (χ3v) is 5.69. The van der Waals surface area contributed by atoms with Gasteiger partial charge in [-0.25, -0.2) is 19.6 Å². The summed E-state index contributed by atoms with van der Waals surface area (Å²) in [5, 5.41) is 11.5. The van der Waals surface area contributed by atoms with Gasteiger partial charge in [0.1, 0.15) is 5.15 Å². The number of fused-ring (bicyclic) bond motifs is 2. The lowest BCUT2D eigenvalue weighted by molar-refractivity contribution is 0.0698. The molecule has 0 spiro atoms. The number of H-pyrrole nitrogens is 2. The molecule has 9 nitrogen and oxygen atoms in total. The number of hydrogen-bond donors (Lipinski definition) is 4. The van der Waals surface area contributed by atoms with E-state index >= 15 is 0 Å². The minimum atomic E-state index is -1.06. The van der Waals surface area contributed by atoms with E-state index in [1.54, 1.807) is 36.4 Å². The highest BCUT2D eigenvalue weighted by atomic mass is 35.5. The molecule has 0 aliphatic rings. The van der Waals surface area contributed by atoms with E-state index in [0.29, 0.717) is 42.0 Å². The molecule has 2 aromatic heterocycles. The van der Waals surface area contributed by atoms with Crippen molar-refractivity contribution in [3.8, 4) is 0 Å². The number of hydrogen-bond acceptors (Lipinski definition) is 6. The normalized spacial score (nSPS) is 10.3. The standard InChI is InChI=1S/C8H3Cl3N2.C8H5ClN2O2.C7H6ClNO2/c9-4-1-2-6-5(3-4)7(10)13-8(11)12-6;9-4-1-2-6-5(3-4)7(12)11-8(13)10-6;8-4-1-2-6(9)5(3-4)7(10)11/h1-3H;1-3H,(H2,10,11,12,13);1-3H,9H2,(H,10,11). The molecule has 0 saturated heterocycles. The quantitative estimate of drug-likeness (QED) is 0.103. The first-order chi connectivity index (χ1) is 17.4. The number of nitrogens with zero attached hydrogens (tertiary/aromatic N) is 2. The third-order valence-electron chi connectivity index (χ3n) is 4.53. The van der Waals surface area contributed by atoms with Gasteiger partial charge in [-0.2, -0.15) is 0 Å². The molecule has 5 N–H and O–H groups in total. The van der Waals surface area contributed by atoms with Crippen LogP contribution in [-0.2, 0) is 0 Å². The van der Waals surface area contributed by atoms with Gasteiger partial charge in [0.2, 0.25) is 5.28 Å². The zero-order valence-electron chi connectivity index (χ0n) is 18.2. The predicted octanol–water partition coefficient (Wildman–Crippen LogP) is 6.08. The van der Waals surface area contributed by atoms with Gasteiger partial charge in [-0.3, -0.25) is 9.78 Å². The summed E-state index contributed by atoms with van der Waals surface area (Å²) in [5.41, 5.74) is 5.84. The van der Waals surface area contributed by atoms with Crippen LogP contribution in [0.15, 0.2) is 64.2 Å². The molecule has 0 atom stereocenters. The number of carboxylic acids is 1. The molecule has 14 heteroatoms. The van der Waals surface area contributed by atoms with Gasteiger partial charge in [-0.05, 0) is 66.2 Å². The van der Waals surface area contributed by atoms with Crippen molar-refractivity contribution in [2.45, 2.75) is 0 Å². The Labute approximate surface area is 232 Å². The third kappa shape index (κ3) is 7.58. The van der Waals surface area contributed by atoms with Crippen molar-refractivity contribution in [2.24, 2.45) is 0 Å². The van der Waals surface area contributed by atoms with Gasteiger partial charge in [-0.1, -0.05) is 46.4 Å². The minimum Gasteiger partial charge on any atom is -0.478 e. The van der Waals surface area contributed by atoms with Crippen molar-refractivity contribution >= 4 is 91.5 Å². The van der Waals surface area contributed by atoms with Gasteiger partial charge in [0.15, 0.2) is 0 Å². The summed E-state index contributed by atoms with van der Waals surface area (Å²) < 4.78 is 0. The monoisotopic (exact) mass is 599 g/mol. The molecule has 3 aromatic carbocycles. The van der Waals surface area contributed by atoms with Crippen LogP contribution >= 0.6 is 58.0 Å². The number of aromatic amines is 2. The zero-order chi connectivity index (χ0) is 27.3. The predicted molar refractivity (Wildman–Crippen MR) is 148 cm³/mol. The summed E-state index contributed by atoms with van der Waals surface area (Å²) in [5.74, 6) is -1.06. The van der Waals surface area contributed by atoms with Gasteiger partial charge in [0.25, 0.3) is 5.56 Å². The Kier molecular flexibility index (Phi) is 9.36. The molecule has 0 aliphatic carbocycles. The highest BCUT2D eigenvalue weighted by Gasteiger charge is 2.07. The molecular formula is C23H14Cl5N5O4. The summed E-state index contributed by atoms with van der Waals surface area (Å²) in [4.78, 5) is 44.9. The number of halogens is 5. The lowest BCUT2D eigenvalue weighted by atomic mass is 10.2. The van der Waals surface area contributed by atoms with Gasteiger partial charge < -0.3 is 15.8 Å². The SMILES string of the molecule is Clc1ccc2nc(Cl)nc(Cl)c2c1.Nc1ccc(Cl)cc1C(=O)O.O=c1[nH]c(=O)c2cc(Cl)ccc2[nH]1. The van der Waals surface area contributed by atoms with Crippen LogP contribution in [0.25, 0.3) is 21.8 Å². The van der Waals surface area contributed by atoms with Gasteiger partial charge in [0, 0.05) is 26.1 Å². The number of nitrogens with two attached hydrogens (primary N) is 1. The smallest absolute Gasteiger partial charge is 0.337 e. The van der Waals surface area contributed by atoms with E-state index in [0.717, 1.165) is 0 Å². The zero-order valence-corrected chi connectivity index (χ0v) is 22.0. The van der Waals surface area contributed by atoms with Crippen LogP contribution in [-0.4, -0.2) is 31.0 Å². The average molecular weight is 602 g/mol. The van der Waals surface area contributed by atoms with E-state index < -0.39 is 17.2 Å². The van der Waals surface area contributed by atoms with Crippen LogP contribution < -0.4 is 17.0 Å². The first kappa shape index (κ1) is 28.2. The topological polar surface area (TPSA) is 155 Å². The molecule has 0 unspecified atom stereocenters. The number of anilines is 1. The fourth-order valence-electron chi connectivity index (χ4n) is 2.89. The number of nitrogens with one attached hydrogen (secondary N) is 2. The highest BCUT2D eigenvalue weighted by Crippen LogP contribution is 2.24. The molecular weight excluding hydrogens is 588 g/mol. The summed E-state index contributed by atoms with van der Waals surface area (Å²) >= 11 is 28.5. The highest BCUT2D eigenvalue weighted by molar-refractivity contribution is 6.37. The van der Waals surface area contributed by atoms with E-state index in [2.05, 4.69) is 19.9 Å². The van der Waals surface area contributed by atoms with Crippen molar-refractivity contribution in [2.75, 3.05) is 5.73 Å². The Morgan fingerprint density at radius 3 is 2.03 bits per heavy atom. The molecule has 0 saturated carbocycles. The molecule has 5 aromatic rings. The van der Waals surface area contributed by atoms with Crippen molar-refractivity contribution in [1.82, 2.24) is 19.9 Å². The maximum Gasteiger partial charge on any atom is 0.337 e. The van der Waals surface area contributed by atoms with Crippen LogP contribution in [0.4, 0.5) is 5.69 Å². The Bertz CT molecular complexity index is 1740. The Balaban J connectivity index is 0.000000155. The summed E-state index contributed by atoms with van der Waals surface area (Å²) in [7, 11) is 0. The van der Waals surface area contributed by atoms with Crippen LogP contribution in [0.5, 0.6) is 0 Å². The lowest BCUT2D eigenvalue weighted by Gasteiger charge is -1.99. The molecule has 0 radical (unpaired) electrons. The van der Waals surface area contributed by atoms with Gasteiger partial charge in [-0.15, -0.1) is 0 Å². The Morgan fingerprint density at radius 2 is 1.38 bits per heavy atom. The second kappa shape index (κ2) is 12.3. The van der Waals surface area contributed by atoms with E-state index in [1.807, 2.05) is 0 Å². The fourth-order valence-corrected chi connectivity index (χ4v) is 3.85. The van der Waals surface area contributed by atoms with Crippen LogP contribution in [0, 0.1) is 0 Å². The van der Waals surface area contributed by atoms with Crippen molar-refractivity contribution < 1.29 is 9.90 Å². The number of rotatable bonds is 1. The molecule has 0 bridgehead atoms. The Morgan fingerprint density at radius 1 is 0.784 bits per heavy atom. The van der Waals surface area contributed by atoms with E-state index in [1.165, 1.54) is 18.2 Å². The maximum absolute atomic E-state index is 11.2. The van der Waals surface area contributed by atoms with Crippen molar-refractivity contribution in [1.29, 1.82) is 0 Å². The van der Waals surface area contributed by atoms with E-state index in [4.69, 9.17) is 68.8 Å². The molecule has 190 valence electrons. The number of carboxylic acid groups (broad SMARTS) is 1. The van der Waals surface area contributed by atoms with Crippen LogP contribution in [0.3, 0.4) is 0 Å². The van der Waals surface area contributed by atoms with Crippen molar-refractivity contribution in [3.05, 3.63) is 107 Å². The Hall–Kier alpha value is -3.34. The first-order valence-corrected chi connectivity index (χ1v) is 11.8. The first-order valence-electron chi connectivity index (χ1n) is 9.93. The largest absolute Gasteiger partial charge is 0.478 e. The van der Waals surface area contributed by atoms with Gasteiger partial charge in [0.05, 0.1) is 22.0 Å². The number of carbonyl (C=O) groups is 1. The summed E-state index contributed by atoms with van der Waals surface area (Å²) in [6, 6.07) is 14.2. The van der Waals surface area contributed by atoms with E-state index in [9.17, 15) is 14.4 Å². The number of nitrogen functional groups attached to an aromatic ring is 1. The minimum absolute atomic E-state index is 0.0394. The summed E-state index contributed by atoms with van der Waals surface area (Å²) in [6.45, 7) is 0. The molecule has 0 fully saturated rings. The second-order valence-corrected chi connectivity index (χ2v) is 9.09. The number of aromatic carboxylic acids is 1. The molecule has 37 heavy (non-hydrogen) atoms. The average Bonchev–Trinajstić information content (AvgIpc) is 2.82. The second-order valence-electron chi connectivity index (χ2n) is 7.08. The molecule has 0 aliphatic heterocycles. The van der Waals surface area contributed by atoms with Crippen LogP contribution in [0.2, 0.25) is 25.5 Å². The number of aromatic nitrogens is 4. The molecule has 2 heterocycles. The maximum atomic E-state index is 11.2. The molecule has 5 rings (SSSR count). The lowest BCUT2D eigenvalue weighted by Crippen LogP contribution is -2.21. The fraction of sp³-hybridized carbons (Fsp3) is 0. The summed E-state index contributed by atoms with van der Waals surface area (Å²) in [6.07, 6.45) is 0. The van der Waals surface area contributed by atoms with Crippen molar-refractivity contribution in [3.63, 3.8) is 0 Å². The number of benzene rings is 3.